The van der Waals surface area contributed by atoms with Crippen LogP contribution in [0.5, 0.6) is 0 Å². The van der Waals surface area contributed by atoms with Crippen LogP contribution in [-0.2, 0) is 32.7 Å². The van der Waals surface area contributed by atoms with E-state index in [2.05, 4.69) is 6.92 Å². The van der Waals surface area contributed by atoms with E-state index in [0.29, 0.717) is 12.8 Å². The lowest BCUT2D eigenvalue weighted by Crippen LogP contribution is -2.64. The van der Waals surface area contributed by atoms with Crippen LogP contribution in [0.3, 0.4) is 0 Å². The minimum atomic E-state index is -5.07. The standard InChI is InChI=1S/C24H45O13P/c1-3-5-7-8-9-10-11-13-18(26)36-16(14-34-17(25)12-6-4-2)15-35-38(32,33)37-24-22(30)20(28)19(27)21(29)23(24)31/h16,19-24,27-31H,3-15H2,1-2H3,(H,32,33). The van der Waals surface area contributed by atoms with Crippen LogP contribution in [0.4, 0.5) is 0 Å². The highest BCUT2D eigenvalue weighted by atomic mass is 31.2. The minimum absolute atomic E-state index is 0.0971. The number of carbonyl (C=O) groups excluding carboxylic acids is 2. The zero-order valence-corrected chi connectivity index (χ0v) is 23.1. The molecule has 0 aromatic heterocycles. The molecule has 0 heterocycles. The van der Waals surface area contributed by atoms with E-state index in [4.69, 9.17) is 18.5 Å². The summed E-state index contributed by atoms with van der Waals surface area (Å²) < 4.78 is 32.5. The number of phosphoric ester groups is 1. The third-order valence-electron chi connectivity index (χ3n) is 6.20. The molecule has 1 rings (SSSR count). The van der Waals surface area contributed by atoms with Crippen molar-refractivity contribution in [2.24, 2.45) is 0 Å². The van der Waals surface area contributed by atoms with Gasteiger partial charge in [0.1, 0.15) is 43.2 Å². The van der Waals surface area contributed by atoms with Crippen molar-refractivity contribution in [3.8, 4) is 0 Å². The van der Waals surface area contributed by atoms with Gasteiger partial charge in [0, 0.05) is 12.8 Å². The van der Waals surface area contributed by atoms with E-state index in [-0.39, 0.29) is 12.8 Å². The van der Waals surface area contributed by atoms with Crippen LogP contribution in [0.15, 0.2) is 0 Å². The molecule has 0 saturated heterocycles. The van der Waals surface area contributed by atoms with E-state index in [0.717, 1.165) is 38.5 Å². The molecule has 1 aliphatic rings. The van der Waals surface area contributed by atoms with E-state index in [9.17, 15) is 44.6 Å². The van der Waals surface area contributed by atoms with E-state index in [1.54, 1.807) is 0 Å². The second-order valence-corrected chi connectivity index (χ2v) is 11.0. The van der Waals surface area contributed by atoms with Crippen molar-refractivity contribution in [3.05, 3.63) is 0 Å². The van der Waals surface area contributed by atoms with Crippen molar-refractivity contribution >= 4 is 19.8 Å². The topological polar surface area (TPSA) is 210 Å². The zero-order chi connectivity index (χ0) is 28.7. The Balaban J connectivity index is 2.68. The maximum absolute atomic E-state index is 12.5. The van der Waals surface area contributed by atoms with Crippen molar-refractivity contribution in [1.29, 1.82) is 0 Å². The molecule has 6 unspecified atom stereocenters. The number of rotatable bonds is 19. The molecule has 6 N–H and O–H groups in total. The highest BCUT2D eigenvalue weighted by Crippen LogP contribution is 2.47. The lowest BCUT2D eigenvalue weighted by molar-refractivity contribution is -0.220. The lowest BCUT2D eigenvalue weighted by atomic mass is 9.85. The van der Waals surface area contributed by atoms with Crippen molar-refractivity contribution < 1.29 is 63.1 Å². The fraction of sp³-hybridized carbons (Fsp3) is 0.917. The summed E-state index contributed by atoms with van der Waals surface area (Å²) in [6.07, 6.45) is -4.61. The predicted octanol–water partition coefficient (Wildman–Crippen LogP) is 1.09. The molecule has 0 bridgehead atoms. The van der Waals surface area contributed by atoms with Crippen LogP contribution in [0.1, 0.15) is 84.5 Å². The van der Waals surface area contributed by atoms with E-state index in [1.165, 1.54) is 6.42 Å². The molecule has 0 radical (unpaired) electrons. The van der Waals surface area contributed by atoms with Crippen molar-refractivity contribution in [3.63, 3.8) is 0 Å². The summed E-state index contributed by atoms with van der Waals surface area (Å²) in [6.45, 7) is 2.85. The van der Waals surface area contributed by atoms with Crippen LogP contribution < -0.4 is 0 Å². The molecule has 1 saturated carbocycles. The smallest absolute Gasteiger partial charge is 0.462 e. The Labute approximate surface area is 223 Å². The molecule has 0 aliphatic heterocycles. The second kappa shape index (κ2) is 18.2. The van der Waals surface area contributed by atoms with Crippen molar-refractivity contribution in [1.82, 2.24) is 0 Å². The summed E-state index contributed by atoms with van der Waals surface area (Å²) in [7, 11) is -5.07. The van der Waals surface area contributed by atoms with Gasteiger partial charge < -0.3 is 39.9 Å². The summed E-state index contributed by atoms with van der Waals surface area (Å²) in [5.74, 6) is -1.15. The summed E-state index contributed by atoms with van der Waals surface area (Å²) in [5.41, 5.74) is 0. The second-order valence-electron chi connectivity index (χ2n) is 9.56. The van der Waals surface area contributed by atoms with Gasteiger partial charge in [-0.3, -0.25) is 18.6 Å². The predicted molar refractivity (Wildman–Crippen MR) is 134 cm³/mol. The van der Waals surface area contributed by atoms with Crippen LogP contribution >= 0.6 is 7.82 Å². The maximum Gasteiger partial charge on any atom is 0.472 e. The highest BCUT2D eigenvalue weighted by Gasteiger charge is 2.51. The van der Waals surface area contributed by atoms with Gasteiger partial charge in [0.25, 0.3) is 0 Å². The van der Waals surface area contributed by atoms with Crippen LogP contribution in [-0.4, -0.2) is 98.3 Å². The first-order chi connectivity index (χ1) is 17.9. The van der Waals surface area contributed by atoms with Crippen LogP contribution in [0, 0.1) is 0 Å². The Morgan fingerprint density at radius 3 is 1.79 bits per heavy atom. The summed E-state index contributed by atoms with van der Waals surface area (Å²) in [6, 6.07) is 0. The molecule has 1 fully saturated rings. The summed E-state index contributed by atoms with van der Waals surface area (Å²) in [5, 5.41) is 49.2. The van der Waals surface area contributed by atoms with Gasteiger partial charge in [0.05, 0.1) is 6.61 Å². The Morgan fingerprint density at radius 1 is 0.711 bits per heavy atom. The average Bonchev–Trinajstić information content (AvgIpc) is 2.88. The molecule has 38 heavy (non-hydrogen) atoms. The number of aliphatic hydroxyl groups is 5. The Bertz CT molecular complexity index is 720. The molecule has 6 atom stereocenters. The first-order valence-electron chi connectivity index (χ1n) is 13.3. The third kappa shape index (κ3) is 12.8. The monoisotopic (exact) mass is 572 g/mol. The van der Waals surface area contributed by atoms with Crippen LogP contribution in [0.25, 0.3) is 0 Å². The number of hydrogen-bond acceptors (Lipinski definition) is 12. The van der Waals surface area contributed by atoms with Crippen molar-refractivity contribution in [2.75, 3.05) is 13.2 Å². The van der Waals surface area contributed by atoms with Crippen LogP contribution in [0.2, 0.25) is 0 Å². The van der Waals surface area contributed by atoms with Gasteiger partial charge in [-0.25, -0.2) is 4.57 Å². The average molecular weight is 573 g/mol. The van der Waals surface area contributed by atoms with E-state index >= 15 is 0 Å². The number of unbranched alkanes of at least 4 members (excludes halogenated alkanes) is 7. The third-order valence-corrected chi connectivity index (χ3v) is 7.18. The molecule has 224 valence electrons. The molecule has 1 aliphatic carbocycles. The highest BCUT2D eigenvalue weighted by molar-refractivity contribution is 7.47. The van der Waals surface area contributed by atoms with Crippen molar-refractivity contribution in [2.45, 2.75) is 127 Å². The summed E-state index contributed by atoms with van der Waals surface area (Å²) >= 11 is 0. The van der Waals surface area contributed by atoms with E-state index < -0.39 is 75.7 Å². The molecule has 0 aromatic carbocycles. The summed E-state index contributed by atoms with van der Waals surface area (Å²) in [4.78, 5) is 34.3. The quantitative estimate of drug-likeness (QED) is 0.0728. The van der Waals surface area contributed by atoms with Gasteiger partial charge in [-0.2, -0.15) is 0 Å². The first-order valence-corrected chi connectivity index (χ1v) is 14.8. The molecule has 0 spiro atoms. The molecule has 0 amide bonds. The van der Waals surface area contributed by atoms with Gasteiger partial charge in [-0.05, 0) is 12.8 Å². The molecule has 0 aromatic rings. The number of phosphoric acid groups is 1. The molecular weight excluding hydrogens is 527 g/mol. The SMILES string of the molecule is CCCCCCCCCC(=O)OC(COC(=O)CCCC)COP(=O)(O)OC1C(O)C(O)C(O)C(O)C1O. The normalized spacial score (nSPS) is 27.9. The van der Waals surface area contributed by atoms with Gasteiger partial charge in [0.15, 0.2) is 6.10 Å². The lowest BCUT2D eigenvalue weighted by Gasteiger charge is -2.41. The number of esters is 2. The molecule has 14 heteroatoms. The Hall–Kier alpha value is -1.15. The Kier molecular flexibility index (Phi) is 16.7. The molecular formula is C24H45O13P. The number of aliphatic hydroxyl groups excluding tert-OH is 5. The number of hydrogen-bond donors (Lipinski definition) is 6. The zero-order valence-electron chi connectivity index (χ0n) is 22.2. The van der Waals surface area contributed by atoms with Gasteiger partial charge >= 0.3 is 19.8 Å². The van der Waals surface area contributed by atoms with E-state index in [1.807, 2.05) is 6.92 Å². The maximum atomic E-state index is 12.5. The Morgan fingerprint density at radius 2 is 1.21 bits per heavy atom. The fourth-order valence-electron chi connectivity index (χ4n) is 3.85. The first kappa shape index (κ1) is 34.9. The van der Waals surface area contributed by atoms with Gasteiger partial charge in [0.2, 0.25) is 0 Å². The van der Waals surface area contributed by atoms with Gasteiger partial charge in [-0.1, -0.05) is 58.8 Å². The van der Waals surface area contributed by atoms with Gasteiger partial charge in [-0.15, -0.1) is 0 Å². The minimum Gasteiger partial charge on any atom is -0.462 e. The largest absolute Gasteiger partial charge is 0.472 e. The fourth-order valence-corrected chi connectivity index (χ4v) is 4.82. The number of ether oxygens (including phenoxy) is 2. The number of carbonyl (C=O) groups is 2. The molecule has 13 nitrogen and oxygen atoms in total.